The van der Waals surface area contributed by atoms with Crippen molar-refractivity contribution in [3.05, 3.63) is 64.8 Å². The molecular formula is C22H24N2O3. The lowest BCUT2D eigenvalue weighted by atomic mass is 10.1. The minimum absolute atomic E-state index is 0.0761. The smallest absolute Gasteiger partial charge is 0.197 e. The van der Waals surface area contributed by atoms with Crippen LogP contribution in [0.3, 0.4) is 0 Å². The van der Waals surface area contributed by atoms with Crippen LogP contribution in [0.5, 0.6) is 5.75 Å². The number of fused-ring (bicyclic) bond motifs is 1. The highest BCUT2D eigenvalue weighted by Crippen LogP contribution is 2.27. The zero-order valence-corrected chi connectivity index (χ0v) is 15.3. The maximum absolute atomic E-state index is 12.7. The van der Waals surface area contributed by atoms with Crippen molar-refractivity contribution in [3.8, 4) is 17.1 Å². The third-order valence-electron chi connectivity index (χ3n) is 4.86. The van der Waals surface area contributed by atoms with Crippen molar-refractivity contribution in [2.45, 2.75) is 6.42 Å². The van der Waals surface area contributed by atoms with E-state index < -0.39 is 0 Å². The summed E-state index contributed by atoms with van der Waals surface area (Å²) in [6, 6.07) is 16.7. The van der Waals surface area contributed by atoms with Gasteiger partial charge in [0.1, 0.15) is 22.5 Å². The monoisotopic (exact) mass is 364 g/mol. The Morgan fingerprint density at radius 2 is 1.85 bits per heavy atom. The maximum Gasteiger partial charge on any atom is 0.197 e. The minimum Gasteiger partial charge on any atom is -0.493 e. The van der Waals surface area contributed by atoms with Crippen molar-refractivity contribution in [3.63, 3.8) is 0 Å². The van der Waals surface area contributed by atoms with Gasteiger partial charge in [-0.2, -0.15) is 0 Å². The SMILES string of the molecule is O=c1cc(-c2ccccc2)oc2cccc(OCCCN3CCNCC3)c12. The van der Waals surface area contributed by atoms with E-state index in [1.165, 1.54) is 0 Å². The molecular weight excluding hydrogens is 340 g/mol. The second-order valence-electron chi connectivity index (χ2n) is 6.76. The molecule has 4 rings (SSSR count). The molecule has 0 spiro atoms. The average molecular weight is 364 g/mol. The van der Waals surface area contributed by atoms with Crippen LogP contribution in [0.4, 0.5) is 0 Å². The molecule has 5 nitrogen and oxygen atoms in total. The van der Waals surface area contributed by atoms with Gasteiger partial charge in [0.15, 0.2) is 5.43 Å². The molecule has 1 aromatic heterocycles. The van der Waals surface area contributed by atoms with Crippen LogP contribution in [-0.2, 0) is 0 Å². The summed E-state index contributed by atoms with van der Waals surface area (Å²) >= 11 is 0. The summed E-state index contributed by atoms with van der Waals surface area (Å²) in [6.45, 7) is 5.87. The van der Waals surface area contributed by atoms with Gasteiger partial charge in [-0.25, -0.2) is 0 Å². The third kappa shape index (κ3) is 4.21. The summed E-state index contributed by atoms with van der Waals surface area (Å²) in [6.07, 6.45) is 0.934. The molecule has 0 aliphatic carbocycles. The number of ether oxygens (including phenoxy) is 1. The summed E-state index contributed by atoms with van der Waals surface area (Å²) in [5.74, 6) is 1.17. The van der Waals surface area contributed by atoms with E-state index in [1.54, 1.807) is 6.07 Å². The van der Waals surface area contributed by atoms with Crippen LogP contribution in [0.1, 0.15) is 6.42 Å². The molecule has 1 aliphatic heterocycles. The lowest BCUT2D eigenvalue weighted by Gasteiger charge is -2.27. The fourth-order valence-electron chi connectivity index (χ4n) is 3.45. The molecule has 1 saturated heterocycles. The Morgan fingerprint density at radius 1 is 1.04 bits per heavy atom. The normalized spacial score (nSPS) is 15.1. The molecule has 27 heavy (non-hydrogen) atoms. The van der Waals surface area contributed by atoms with Crippen LogP contribution >= 0.6 is 0 Å². The summed E-state index contributed by atoms with van der Waals surface area (Å²) in [4.78, 5) is 15.2. The van der Waals surface area contributed by atoms with Gasteiger partial charge in [-0.15, -0.1) is 0 Å². The van der Waals surface area contributed by atoms with Crippen molar-refractivity contribution in [1.82, 2.24) is 10.2 Å². The fraction of sp³-hybridized carbons (Fsp3) is 0.318. The van der Waals surface area contributed by atoms with Crippen LogP contribution in [0.15, 0.2) is 63.8 Å². The van der Waals surface area contributed by atoms with Crippen LogP contribution in [0, 0.1) is 0 Å². The Kier molecular flexibility index (Phi) is 5.51. The Bertz CT molecular complexity index is 947. The molecule has 1 aliphatic rings. The van der Waals surface area contributed by atoms with Gasteiger partial charge in [0, 0.05) is 44.4 Å². The molecule has 2 heterocycles. The second-order valence-corrected chi connectivity index (χ2v) is 6.76. The first-order valence-corrected chi connectivity index (χ1v) is 9.49. The number of benzene rings is 2. The fourth-order valence-corrected chi connectivity index (χ4v) is 3.45. The Balaban J connectivity index is 1.49. The highest BCUT2D eigenvalue weighted by Gasteiger charge is 2.12. The van der Waals surface area contributed by atoms with Gasteiger partial charge < -0.3 is 19.4 Å². The van der Waals surface area contributed by atoms with E-state index in [2.05, 4.69) is 10.2 Å². The first-order chi connectivity index (χ1) is 13.3. The molecule has 0 radical (unpaired) electrons. The zero-order chi connectivity index (χ0) is 18.5. The molecule has 1 N–H and O–H groups in total. The summed E-state index contributed by atoms with van der Waals surface area (Å²) in [5, 5.41) is 3.87. The number of piperazine rings is 1. The number of rotatable bonds is 6. The quantitative estimate of drug-likeness (QED) is 0.681. The maximum atomic E-state index is 12.7. The van der Waals surface area contributed by atoms with E-state index in [-0.39, 0.29) is 5.43 Å². The van der Waals surface area contributed by atoms with Gasteiger partial charge in [-0.3, -0.25) is 4.79 Å². The Labute approximate surface area is 158 Å². The molecule has 0 bridgehead atoms. The highest BCUT2D eigenvalue weighted by atomic mass is 16.5. The molecule has 3 aromatic rings. The summed E-state index contributed by atoms with van der Waals surface area (Å²) in [5.41, 5.74) is 1.37. The first-order valence-electron chi connectivity index (χ1n) is 9.49. The lowest BCUT2D eigenvalue weighted by Crippen LogP contribution is -2.43. The van der Waals surface area contributed by atoms with E-state index in [4.69, 9.17) is 9.15 Å². The molecule has 140 valence electrons. The van der Waals surface area contributed by atoms with Crippen molar-refractivity contribution in [1.29, 1.82) is 0 Å². The van der Waals surface area contributed by atoms with Crippen molar-refractivity contribution < 1.29 is 9.15 Å². The van der Waals surface area contributed by atoms with Gasteiger partial charge >= 0.3 is 0 Å². The summed E-state index contributed by atoms with van der Waals surface area (Å²) < 4.78 is 11.9. The molecule has 0 unspecified atom stereocenters. The minimum atomic E-state index is -0.0761. The topological polar surface area (TPSA) is 54.7 Å². The molecule has 0 atom stereocenters. The Morgan fingerprint density at radius 3 is 2.67 bits per heavy atom. The van der Waals surface area contributed by atoms with Gasteiger partial charge in [-0.05, 0) is 18.6 Å². The number of hydrogen-bond donors (Lipinski definition) is 1. The van der Waals surface area contributed by atoms with Crippen molar-refractivity contribution in [2.75, 3.05) is 39.3 Å². The van der Waals surface area contributed by atoms with E-state index >= 15 is 0 Å². The highest BCUT2D eigenvalue weighted by molar-refractivity contribution is 5.84. The van der Waals surface area contributed by atoms with Gasteiger partial charge in [0.2, 0.25) is 0 Å². The van der Waals surface area contributed by atoms with E-state index in [0.29, 0.717) is 29.1 Å². The zero-order valence-electron chi connectivity index (χ0n) is 15.3. The van der Waals surface area contributed by atoms with E-state index in [9.17, 15) is 4.79 Å². The lowest BCUT2D eigenvalue weighted by molar-refractivity contribution is 0.214. The third-order valence-corrected chi connectivity index (χ3v) is 4.86. The number of nitrogens with one attached hydrogen (secondary N) is 1. The molecule has 0 amide bonds. The average Bonchev–Trinajstić information content (AvgIpc) is 2.72. The first kappa shape index (κ1) is 17.8. The second kappa shape index (κ2) is 8.37. The van der Waals surface area contributed by atoms with Crippen LogP contribution in [-0.4, -0.2) is 44.2 Å². The van der Waals surface area contributed by atoms with E-state index in [1.807, 2.05) is 48.5 Å². The van der Waals surface area contributed by atoms with Crippen LogP contribution in [0.25, 0.3) is 22.3 Å². The summed E-state index contributed by atoms with van der Waals surface area (Å²) in [7, 11) is 0. The van der Waals surface area contributed by atoms with Crippen molar-refractivity contribution >= 4 is 11.0 Å². The van der Waals surface area contributed by atoms with Crippen molar-refractivity contribution in [2.24, 2.45) is 0 Å². The van der Waals surface area contributed by atoms with Gasteiger partial charge in [-0.1, -0.05) is 36.4 Å². The Hall–Kier alpha value is -2.63. The number of hydrogen-bond acceptors (Lipinski definition) is 5. The standard InChI is InChI=1S/C22H24N2O3/c25-18-16-21(17-6-2-1-3-7-17)27-20-9-4-8-19(22(18)20)26-15-5-12-24-13-10-23-11-14-24/h1-4,6-9,16,23H,5,10-15H2. The molecule has 2 aromatic carbocycles. The predicted octanol–water partition coefficient (Wildman–Crippen LogP) is 3.13. The largest absolute Gasteiger partial charge is 0.493 e. The van der Waals surface area contributed by atoms with E-state index in [0.717, 1.165) is 44.7 Å². The molecule has 0 saturated carbocycles. The molecule has 5 heteroatoms. The number of nitrogens with zero attached hydrogens (tertiary/aromatic N) is 1. The predicted molar refractivity (Wildman–Crippen MR) is 107 cm³/mol. The van der Waals surface area contributed by atoms with Gasteiger partial charge in [0.05, 0.1) is 6.61 Å². The van der Waals surface area contributed by atoms with Crippen LogP contribution < -0.4 is 15.5 Å². The van der Waals surface area contributed by atoms with Crippen LogP contribution in [0.2, 0.25) is 0 Å². The molecule has 1 fully saturated rings. The van der Waals surface area contributed by atoms with Gasteiger partial charge in [0.25, 0.3) is 0 Å².